The molecule has 10 heteroatoms. The molecule has 2 aliphatic heterocycles. The minimum Gasteiger partial charge on any atom is -0.505 e. The third kappa shape index (κ3) is 2.85. The molecule has 3 aromatic rings. The second-order valence-corrected chi connectivity index (χ2v) is 9.93. The molecule has 2 fully saturated rings. The average molecular weight is 420 g/mol. The van der Waals surface area contributed by atoms with E-state index in [1.54, 1.807) is 6.20 Å². The number of phenols is 1. The summed E-state index contributed by atoms with van der Waals surface area (Å²) in [6.45, 7) is 2.69. The van der Waals surface area contributed by atoms with Gasteiger partial charge in [0.1, 0.15) is 0 Å². The molecule has 0 unspecified atom stereocenters. The number of fused-ring (bicyclic) bond motifs is 1. The number of rotatable bonds is 3. The van der Waals surface area contributed by atoms with Crippen molar-refractivity contribution in [1.29, 1.82) is 0 Å². The molecule has 2 saturated heterocycles. The van der Waals surface area contributed by atoms with Gasteiger partial charge in [-0.15, -0.1) is 0 Å². The van der Waals surface area contributed by atoms with Crippen molar-refractivity contribution in [2.45, 2.75) is 0 Å². The largest absolute Gasteiger partial charge is 0.505 e. The second-order valence-electron chi connectivity index (χ2n) is 7.95. The van der Waals surface area contributed by atoms with Crippen LogP contribution in [0, 0.1) is 17.0 Å². The minimum absolute atomic E-state index is 0.0331. The minimum atomic E-state index is -3.12. The number of hydrogen-bond donors (Lipinski definition) is 1. The zero-order valence-corrected chi connectivity index (χ0v) is 16.3. The first-order valence-corrected chi connectivity index (χ1v) is 10.9. The van der Waals surface area contributed by atoms with Crippen molar-refractivity contribution in [3.63, 3.8) is 0 Å². The first-order chi connectivity index (χ1) is 13.7. The Morgan fingerprint density at radius 3 is 2.45 bits per heavy atom. The molecule has 2 aliphatic rings. The van der Waals surface area contributed by atoms with Crippen LogP contribution in [0.2, 0.25) is 0 Å². The van der Waals surface area contributed by atoms with Crippen molar-refractivity contribution in [2.24, 2.45) is 5.41 Å². The van der Waals surface area contributed by atoms with E-state index in [1.165, 1.54) is 15.2 Å². The van der Waals surface area contributed by atoms with Gasteiger partial charge >= 0.3 is 0 Å². The molecular weight excluding hydrogens is 402 g/mol. The molecule has 0 bridgehead atoms. The summed E-state index contributed by atoms with van der Waals surface area (Å²) in [5.74, 6) is -3.20. The van der Waals surface area contributed by atoms with Gasteiger partial charge < -0.3 is 10.0 Å². The lowest BCUT2D eigenvalue weighted by Gasteiger charge is -2.60. The quantitative estimate of drug-likeness (QED) is 0.702. The topological polar surface area (TPSA) is 78.7 Å². The molecule has 152 valence electrons. The number of aromatic hydroxyl groups is 1. The van der Waals surface area contributed by atoms with Crippen LogP contribution in [0.4, 0.5) is 14.5 Å². The van der Waals surface area contributed by atoms with Crippen LogP contribution in [0.5, 0.6) is 5.75 Å². The standard InChI is InChI=1S/C19H18F2N4O3S/c1-29(27,28)24-10-19(11-24)8-23(9-19)13-2-3-16-12(4-13)7-22-25(16)14-5-15(20)18(21)17(26)6-14/h2-7,26H,8-11H2,1H3. The number of anilines is 1. The summed E-state index contributed by atoms with van der Waals surface area (Å²) in [5, 5.41) is 14.6. The molecule has 2 aromatic carbocycles. The van der Waals surface area contributed by atoms with Crippen LogP contribution < -0.4 is 4.90 Å². The predicted molar refractivity (Wildman–Crippen MR) is 104 cm³/mol. The zero-order chi connectivity index (χ0) is 20.6. The molecule has 0 aliphatic carbocycles. The summed E-state index contributed by atoms with van der Waals surface area (Å²) in [6.07, 6.45) is 2.86. The van der Waals surface area contributed by atoms with Crippen LogP contribution in [0.1, 0.15) is 0 Å². The van der Waals surface area contributed by atoms with Crippen molar-refractivity contribution in [3.8, 4) is 11.4 Å². The summed E-state index contributed by atoms with van der Waals surface area (Å²) in [6, 6.07) is 7.82. The molecule has 1 N–H and O–H groups in total. The highest BCUT2D eigenvalue weighted by molar-refractivity contribution is 7.88. The van der Waals surface area contributed by atoms with Gasteiger partial charge in [-0.25, -0.2) is 21.8 Å². The van der Waals surface area contributed by atoms with Crippen LogP contribution in [0.25, 0.3) is 16.6 Å². The molecular formula is C19H18F2N4O3S. The van der Waals surface area contributed by atoms with Gasteiger partial charge in [0, 0.05) is 54.8 Å². The van der Waals surface area contributed by atoms with Gasteiger partial charge in [-0.3, -0.25) is 0 Å². The third-order valence-electron chi connectivity index (χ3n) is 5.70. The molecule has 1 aromatic heterocycles. The lowest BCUT2D eigenvalue weighted by Crippen LogP contribution is -2.72. The smallest absolute Gasteiger partial charge is 0.211 e. The molecule has 1 spiro atoms. The van der Waals surface area contributed by atoms with Gasteiger partial charge in [-0.2, -0.15) is 9.49 Å². The summed E-state index contributed by atoms with van der Waals surface area (Å²) < 4.78 is 53.0. The fourth-order valence-corrected chi connectivity index (χ4v) is 5.20. The summed E-state index contributed by atoms with van der Waals surface area (Å²) in [7, 11) is -3.12. The van der Waals surface area contributed by atoms with Crippen LogP contribution in [0.15, 0.2) is 36.5 Å². The van der Waals surface area contributed by atoms with Gasteiger partial charge in [0.05, 0.1) is 23.7 Å². The van der Waals surface area contributed by atoms with Crippen LogP contribution in [-0.2, 0) is 10.0 Å². The highest BCUT2D eigenvalue weighted by Gasteiger charge is 2.54. The Kier molecular flexibility index (Phi) is 3.72. The number of halogens is 2. The molecule has 29 heavy (non-hydrogen) atoms. The number of phenolic OH excluding ortho intramolecular Hbond substituents is 1. The SMILES string of the molecule is CS(=O)(=O)N1CC2(CN(c3ccc4c(cnn4-c4cc(O)c(F)c(F)c4)c3)C2)C1. The van der Waals surface area contributed by atoms with Crippen LogP contribution in [0.3, 0.4) is 0 Å². The Morgan fingerprint density at radius 1 is 1.07 bits per heavy atom. The summed E-state index contributed by atoms with van der Waals surface area (Å²) in [4.78, 5) is 2.18. The fourth-order valence-electron chi connectivity index (χ4n) is 4.19. The monoisotopic (exact) mass is 420 g/mol. The third-order valence-corrected chi connectivity index (χ3v) is 6.90. The van der Waals surface area contributed by atoms with Crippen molar-refractivity contribution in [1.82, 2.24) is 14.1 Å². The van der Waals surface area contributed by atoms with Crippen molar-refractivity contribution in [2.75, 3.05) is 37.3 Å². The van der Waals surface area contributed by atoms with E-state index in [9.17, 15) is 22.3 Å². The van der Waals surface area contributed by atoms with Gasteiger partial charge in [-0.05, 0) is 18.2 Å². The summed E-state index contributed by atoms with van der Waals surface area (Å²) >= 11 is 0. The molecule has 0 atom stereocenters. The molecule has 3 heterocycles. The molecule has 5 rings (SSSR count). The van der Waals surface area contributed by atoms with Gasteiger partial charge in [-0.1, -0.05) is 0 Å². The zero-order valence-electron chi connectivity index (χ0n) is 15.5. The highest BCUT2D eigenvalue weighted by Crippen LogP contribution is 2.43. The predicted octanol–water partition coefficient (Wildman–Crippen LogP) is 2.09. The maximum atomic E-state index is 13.6. The van der Waals surface area contributed by atoms with E-state index in [0.717, 1.165) is 36.3 Å². The highest BCUT2D eigenvalue weighted by atomic mass is 32.2. The normalized spacial score (nSPS) is 18.8. The number of aromatic nitrogens is 2. The number of nitrogens with zero attached hydrogens (tertiary/aromatic N) is 4. The Balaban J connectivity index is 1.37. The van der Waals surface area contributed by atoms with Crippen molar-refractivity contribution < 1.29 is 22.3 Å². The Morgan fingerprint density at radius 2 is 1.79 bits per heavy atom. The van der Waals surface area contributed by atoms with E-state index in [1.807, 2.05) is 18.2 Å². The molecule has 7 nitrogen and oxygen atoms in total. The average Bonchev–Trinajstić information content (AvgIpc) is 2.99. The van der Waals surface area contributed by atoms with Gasteiger partial charge in [0.15, 0.2) is 17.4 Å². The van der Waals surface area contributed by atoms with Crippen molar-refractivity contribution in [3.05, 3.63) is 48.2 Å². The maximum absolute atomic E-state index is 13.6. The van der Waals surface area contributed by atoms with E-state index in [-0.39, 0.29) is 11.1 Å². The number of benzene rings is 2. The Labute approximate surface area is 165 Å². The number of sulfonamides is 1. The first kappa shape index (κ1) is 18.3. The van der Waals surface area contributed by atoms with Gasteiger partial charge in [0.2, 0.25) is 10.0 Å². The molecule has 0 amide bonds. The van der Waals surface area contributed by atoms with Gasteiger partial charge in [0.25, 0.3) is 0 Å². The van der Waals surface area contributed by atoms with E-state index in [4.69, 9.17) is 0 Å². The number of hydrogen-bond acceptors (Lipinski definition) is 5. The second kappa shape index (κ2) is 5.90. The van der Waals surface area contributed by atoms with E-state index in [0.29, 0.717) is 18.6 Å². The lowest BCUT2D eigenvalue weighted by atomic mass is 9.74. The van der Waals surface area contributed by atoms with Crippen LogP contribution in [-0.4, -0.2) is 60.0 Å². The molecule has 0 radical (unpaired) electrons. The van der Waals surface area contributed by atoms with Crippen LogP contribution >= 0.6 is 0 Å². The van der Waals surface area contributed by atoms with E-state index < -0.39 is 27.4 Å². The Bertz CT molecular complexity index is 1220. The van der Waals surface area contributed by atoms with E-state index in [2.05, 4.69) is 10.00 Å². The van der Waals surface area contributed by atoms with E-state index >= 15 is 0 Å². The van der Waals surface area contributed by atoms with Crippen molar-refractivity contribution >= 4 is 26.6 Å². The summed E-state index contributed by atoms with van der Waals surface area (Å²) in [5.41, 5.74) is 1.95. The first-order valence-electron chi connectivity index (χ1n) is 9.02. The fraction of sp³-hybridized carbons (Fsp3) is 0.316. The lowest BCUT2D eigenvalue weighted by molar-refractivity contribution is 0.0401. The maximum Gasteiger partial charge on any atom is 0.211 e. The Hall–Kier alpha value is -2.72. The molecule has 0 saturated carbocycles.